The maximum Gasteiger partial charge on any atom is 0.123 e. The lowest BCUT2D eigenvalue weighted by Gasteiger charge is -2.16. The maximum absolute atomic E-state index is 9.03. The summed E-state index contributed by atoms with van der Waals surface area (Å²) in [4.78, 5) is 6.65. The summed E-state index contributed by atoms with van der Waals surface area (Å²) in [5, 5.41) is 9.03. The molecule has 0 aromatic heterocycles. The Balaban J connectivity index is 0.00000625. The average Bonchev–Trinajstić information content (AvgIpc) is 3.06. The molecule has 154 valence electrons. The van der Waals surface area contributed by atoms with Gasteiger partial charge in [-0.15, -0.1) is 12.4 Å². The summed E-state index contributed by atoms with van der Waals surface area (Å²) in [7, 11) is 0. The molecule has 0 aromatic carbocycles. The first kappa shape index (κ1) is 25.5. The van der Waals surface area contributed by atoms with E-state index in [2.05, 4.69) is 29.0 Å². The summed E-state index contributed by atoms with van der Waals surface area (Å²) < 4.78 is 0. The Labute approximate surface area is 168 Å². The van der Waals surface area contributed by atoms with Crippen LogP contribution in [0.4, 0.5) is 0 Å². The van der Waals surface area contributed by atoms with E-state index in [-0.39, 0.29) is 19.0 Å². The summed E-state index contributed by atoms with van der Waals surface area (Å²) in [5.41, 5.74) is 0. The third-order valence-corrected chi connectivity index (χ3v) is 5.08. The molecule has 0 bridgehead atoms. The van der Waals surface area contributed by atoms with E-state index in [4.69, 9.17) is 5.11 Å². The molecule has 1 N–H and O–H groups in total. The second-order valence-electron chi connectivity index (χ2n) is 7.38. The molecule has 0 amide bonds. The molecular formula is C22H43ClN2O. The van der Waals surface area contributed by atoms with E-state index < -0.39 is 0 Å². The number of amidine groups is 1. The SMILES string of the molecule is CCCCCCCCCCCCCCCC=CC1=NCCN1CCO.Cl. The van der Waals surface area contributed by atoms with E-state index in [1.165, 1.54) is 83.5 Å². The Bertz CT molecular complexity index is 358. The second kappa shape index (κ2) is 19.2. The van der Waals surface area contributed by atoms with Crippen LogP contribution in [0.1, 0.15) is 96.8 Å². The fourth-order valence-electron chi connectivity index (χ4n) is 3.47. The minimum atomic E-state index is 0. The van der Waals surface area contributed by atoms with E-state index in [1.807, 2.05) is 0 Å². The molecule has 0 saturated heterocycles. The largest absolute Gasteiger partial charge is 0.395 e. The predicted molar refractivity (Wildman–Crippen MR) is 118 cm³/mol. The zero-order chi connectivity index (χ0) is 18.0. The van der Waals surface area contributed by atoms with E-state index in [0.717, 1.165) is 25.3 Å². The van der Waals surface area contributed by atoms with Crippen LogP contribution in [0.5, 0.6) is 0 Å². The number of nitrogens with zero attached hydrogens (tertiary/aromatic N) is 2. The van der Waals surface area contributed by atoms with Gasteiger partial charge in [0.05, 0.1) is 13.2 Å². The molecule has 1 heterocycles. The zero-order valence-corrected chi connectivity index (χ0v) is 17.9. The van der Waals surface area contributed by atoms with Gasteiger partial charge in [0.15, 0.2) is 0 Å². The molecule has 0 aromatic rings. The van der Waals surface area contributed by atoms with Crippen LogP contribution in [-0.2, 0) is 0 Å². The molecule has 3 nitrogen and oxygen atoms in total. The van der Waals surface area contributed by atoms with Crippen LogP contribution in [0.15, 0.2) is 17.1 Å². The molecule has 0 radical (unpaired) electrons. The molecule has 26 heavy (non-hydrogen) atoms. The van der Waals surface area contributed by atoms with Crippen molar-refractivity contribution in [3.8, 4) is 0 Å². The average molecular weight is 387 g/mol. The molecule has 1 rings (SSSR count). The van der Waals surface area contributed by atoms with E-state index in [1.54, 1.807) is 0 Å². The van der Waals surface area contributed by atoms with Crippen molar-refractivity contribution in [3.05, 3.63) is 12.2 Å². The lowest BCUT2D eigenvalue weighted by Crippen LogP contribution is -2.29. The predicted octanol–water partition coefficient (Wildman–Crippen LogP) is 6.15. The van der Waals surface area contributed by atoms with Crippen molar-refractivity contribution < 1.29 is 5.11 Å². The van der Waals surface area contributed by atoms with Crippen LogP contribution >= 0.6 is 12.4 Å². The Kier molecular flexibility index (Phi) is 18.8. The van der Waals surface area contributed by atoms with Crippen molar-refractivity contribution >= 4 is 18.2 Å². The lowest BCUT2D eigenvalue weighted by molar-refractivity contribution is 0.257. The molecule has 0 atom stereocenters. The van der Waals surface area contributed by atoms with Gasteiger partial charge in [0.25, 0.3) is 0 Å². The number of β-amino-alcohol motifs (C(OH)–C–C–N with tert-alkyl or cyclic N) is 1. The van der Waals surface area contributed by atoms with E-state index in [9.17, 15) is 0 Å². The fourth-order valence-corrected chi connectivity index (χ4v) is 3.47. The monoisotopic (exact) mass is 386 g/mol. The second-order valence-corrected chi connectivity index (χ2v) is 7.38. The summed E-state index contributed by atoms with van der Waals surface area (Å²) in [6.07, 6.45) is 23.9. The topological polar surface area (TPSA) is 35.8 Å². The van der Waals surface area contributed by atoms with E-state index >= 15 is 0 Å². The third kappa shape index (κ3) is 13.6. The lowest BCUT2D eigenvalue weighted by atomic mass is 10.0. The highest BCUT2D eigenvalue weighted by Gasteiger charge is 2.12. The normalized spacial score (nSPS) is 14.1. The quantitative estimate of drug-likeness (QED) is 0.304. The van der Waals surface area contributed by atoms with Crippen LogP contribution in [0.2, 0.25) is 0 Å². The summed E-state index contributed by atoms with van der Waals surface area (Å²) >= 11 is 0. The molecule has 0 saturated carbocycles. The molecule has 0 fully saturated rings. The number of unbranched alkanes of at least 4 members (excludes halogenated alkanes) is 13. The number of hydrogen-bond donors (Lipinski definition) is 1. The van der Waals surface area contributed by atoms with Gasteiger partial charge in [-0.3, -0.25) is 4.99 Å². The molecule has 1 aliphatic heterocycles. The number of aliphatic hydroxyl groups excluding tert-OH is 1. The van der Waals surface area contributed by atoms with Gasteiger partial charge < -0.3 is 10.0 Å². The van der Waals surface area contributed by atoms with Crippen LogP contribution in [-0.4, -0.2) is 42.1 Å². The van der Waals surface area contributed by atoms with Crippen LogP contribution in [0.3, 0.4) is 0 Å². The number of hydrogen-bond acceptors (Lipinski definition) is 3. The number of halogens is 1. The molecule has 0 spiro atoms. The van der Waals surface area contributed by atoms with Gasteiger partial charge in [-0.1, -0.05) is 90.0 Å². The minimum Gasteiger partial charge on any atom is -0.395 e. The van der Waals surface area contributed by atoms with Gasteiger partial charge in [-0.2, -0.15) is 0 Å². The summed E-state index contributed by atoms with van der Waals surface area (Å²) in [6, 6.07) is 0. The summed E-state index contributed by atoms with van der Waals surface area (Å²) in [6.45, 7) is 5.04. The number of rotatable bonds is 17. The van der Waals surface area contributed by atoms with Crippen molar-refractivity contribution in [1.29, 1.82) is 0 Å². The number of aliphatic hydroxyl groups is 1. The van der Waals surface area contributed by atoms with Crippen LogP contribution in [0, 0.1) is 0 Å². The first-order valence-corrected chi connectivity index (χ1v) is 10.9. The van der Waals surface area contributed by atoms with Crippen molar-refractivity contribution in [2.24, 2.45) is 4.99 Å². The van der Waals surface area contributed by atoms with Gasteiger partial charge in [0, 0.05) is 13.1 Å². The highest BCUT2D eigenvalue weighted by Crippen LogP contribution is 2.13. The molecule has 0 aliphatic carbocycles. The van der Waals surface area contributed by atoms with Gasteiger partial charge >= 0.3 is 0 Å². The highest BCUT2D eigenvalue weighted by atomic mass is 35.5. The first-order valence-electron chi connectivity index (χ1n) is 10.9. The fraction of sp³-hybridized carbons (Fsp3) is 0.864. The summed E-state index contributed by atoms with van der Waals surface area (Å²) in [5.74, 6) is 1.06. The van der Waals surface area contributed by atoms with Crippen LogP contribution in [0.25, 0.3) is 0 Å². The van der Waals surface area contributed by atoms with Gasteiger partial charge in [0.2, 0.25) is 0 Å². The first-order chi connectivity index (χ1) is 12.4. The van der Waals surface area contributed by atoms with Crippen molar-refractivity contribution in [2.45, 2.75) is 96.8 Å². The Morgan fingerprint density at radius 2 is 1.42 bits per heavy atom. The minimum absolute atomic E-state index is 0. The third-order valence-electron chi connectivity index (χ3n) is 5.08. The molecule has 0 unspecified atom stereocenters. The smallest absolute Gasteiger partial charge is 0.123 e. The van der Waals surface area contributed by atoms with Gasteiger partial charge in [-0.25, -0.2) is 0 Å². The van der Waals surface area contributed by atoms with Crippen LogP contribution < -0.4 is 0 Å². The number of allylic oxidation sites excluding steroid dienone is 1. The van der Waals surface area contributed by atoms with Gasteiger partial charge in [0.1, 0.15) is 5.84 Å². The molecular weight excluding hydrogens is 344 g/mol. The molecule has 1 aliphatic rings. The number of aliphatic imine (C=N–C) groups is 1. The standard InChI is InChI=1S/C22H42N2O.ClH/c1-2-3-4-5-6-7-8-9-10-11-12-13-14-15-16-17-22-23-18-19-24(22)20-21-25;/h16-17,25H,2-15,18-21H2,1H3;1H. The maximum atomic E-state index is 9.03. The van der Waals surface area contributed by atoms with Gasteiger partial charge in [-0.05, 0) is 18.9 Å². The Morgan fingerprint density at radius 1 is 0.885 bits per heavy atom. The Hall–Kier alpha value is -0.540. The van der Waals surface area contributed by atoms with E-state index in [0.29, 0.717) is 6.54 Å². The van der Waals surface area contributed by atoms with Crippen molar-refractivity contribution in [2.75, 3.05) is 26.2 Å². The Morgan fingerprint density at radius 3 is 1.96 bits per heavy atom. The molecule has 4 heteroatoms. The van der Waals surface area contributed by atoms with Crippen molar-refractivity contribution in [3.63, 3.8) is 0 Å². The van der Waals surface area contributed by atoms with Crippen molar-refractivity contribution in [1.82, 2.24) is 4.90 Å². The zero-order valence-electron chi connectivity index (χ0n) is 17.1. The highest BCUT2D eigenvalue weighted by molar-refractivity contribution is 5.94.